The molecule has 0 aliphatic heterocycles. The van der Waals surface area contributed by atoms with E-state index < -0.39 is 4.92 Å². The molecule has 0 atom stereocenters. The smallest absolute Gasteiger partial charge is 0.270 e. The van der Waals surface area contributed by atoms with Gasteiger partial charge in [0.2, 0.25) is 5.91 Å². The maximum Gasteiger partial charge on any atom is 0.270 e. The Balaban J connectivity index is 1.60. The van der Waals surface area contributed by atoms with Crippen molar-refractivity contribution in [3.05, 3.63) is 88.4 Å². The SMILES string of the molecule is Cc1cc(Nc2ccc(NC(=O)/C=C/c3cccc([N+](=O)[O-])c3)cc2)ncn1. The fourth-order valence-corrected chi connectivity index (χ4v) is 2.41. The predicted molar refractivity (Wildman–Crippen MR) is 107 cm³/mol. The molecule has 0 aliphatic rings. The molecule has 8 heteroatoms. The Bertz CT molecular complexity index is 1030. The highest BCUT2D eigenvalue weighted by atomic mass is 16.6. The largest absolute Gasteiger partial charge is 0.340 e. The van der Waals surface area contributed by atoms with Crippen LogP contribution in [0.15, 0.2) is 67.0 Å². The number of hydrogen-bond acceptors (Lipinski definition) is 6. The first kappa shape index (κ1) is 18.7. The Morgan fingerprint density at radius 2 is 1.82 bits per heavy atom. The highest BCUT2D eigenvalue weighted by Gasteiger charge is 2.04. The third-order valence-electron chi connectivity index (χ3n) is 3.74. The van der Waals surface area contributed by atoms with Gasteiger partial charge < -0.3 is 10.6 Å². The van der Waals surface area contributed by atoms with Gasteiger partial charge in [0.1, 0.15) is 12.1 Å². The van der Waals surface area contributed by atoms with E-state index in [9.17, 15) is 14.9 Å². The van der Waals surface area contributed by atoms with E-state index >= 15 is 0 Å². The van der Waals surface area contributed by atoms with Crippen molar-refractivity contribution >= 4 is 34.9 Å². The number of anilines is 3. The molecule has 1 aromatic heterocycles. The van der Waals surface area contributed by atoms with Crippen molar-refractivity contribution in [3.8, 4) is 0 Å². The molecule has 0 unspecified atom stereocenters. The van der Waals surface area contributed by atoms with Gasteiger partial charge in [0.05, 0.1) is 4.92 Å². The average Bonchev–Trinajstić information content (AvgIpc) is 2.68. The Kier molecular flexibility index (Phi) is 5.71. The molecule has 28 heavy (non-hydrogen) atoms. The van der Waals surface area contributed by atoms with Gasteiger partial charge in [0.25, 0.3) is 5.69 Å². The highest BCUT2D eigenvalue weighted by Crippen LogP contribution is 2.18. The summed E-state index contributed by atoms with van der Waals surface area (Å²) in [5.41, 5.74) is 2.85. The third-order valence-corrected chi connectivity index (χ3v) is 3.74. The molecule has 8 nitrogen and oxygen atoms in total. The molecule has 0 saturated carbocycles. The monoisotopic (exact) mass is 375 g/mol. The number of non-ortho nitro benzene ring substituents is 1. The second kappa shape index (κ2) is 8.54. The summed E-state index contributed by atoms with van der Waals surface area (Å²) < 4.78 is 0. The minimum absolute atomic E-state index is 0.0236. The third kappa shape index (κ3) is 5.21. The van der Waals surface area contributed by atoms with Crippen molar-refractivity contribution in [1.82, 2.24) is 9.97 Å². The number of nitrogens with one attached hydrogen (secondary N) is 2. The van der Waals surface area contributed by atoms with Crippen LogP contribution in [0.1, 0.15) is 11.3 Å². The van der Waals surface area contributed by atoms with Gasteiger partial charge in [-0.3, -0.25) is 14.9 Å². The molecule has 0 spiro atoms. The number of nitrogens with zero attached hydrogens (tertiary/aromatic N) is 3. The summed E-state index contributed by atoms with van der Waals surface area (Å²) in [6.07, 6.45) is 4.34. The van der Waals surface area contributed by atoms with Crippen molar-refractivity contribution < 1.29 is 9.72 Å². The normalized spacial score (nSPS) is 10.6. The molecule has 3 rings (SSSR count). The van der Waals surface area contributed by atoms with Crippen LogP contribution >= 0.6 is 0 Å². The lowest BCUT2D eigenvalue weighted by Gasteiger charge is -2.07. The standard InChI is InChI=1S/C20H17N5O3/c1-14-11-19(22-13-21-14)23-16-6-8-17(9-7-16)24-20(26)10-5-15-3-2-4-18(12-15)25(27)28/h2-13H,1H3,(H,24,26)(H,21,22,23)/b10-5+. The zero-order valence-corrected chi connectivity index (χ0v) is 15.0. The molecule has 3 aromatic rings. The molecule has 1 amide bonds. The highest BCUT2D eigenvalue weighted by molar-refractivity contribution is 6.02. The topological polar surface area (TPSA) is 110 Å². The van der Waals surface area contributed by atoms with Gasteiger partial charge in [0, 0.05) is 41.3 Å². The molecule has 0 bridgehead atoms. The molecule has 2 N–H and O–H groups in total. The Hall–Kier alpha value is -4.07. The van der Waals surface area contributed by atoms with Gasteiger partial charge in [-0.2, -0.15) is 0 Å². The molecular weight excluding hydrogens is 358 g/mol. The van der Waals surface area contributed by atoms with Gasteiger partial charge >= 0.3 is 0 Å². The Labute approximate surface area is 161 Å². The van der Waals surface area contributed by atoms with E-state index in [0.717, 1.165) is 11.4 Å². The number of aromatic nitrogens is 2. The van der Waals surface area contributed by atoms with Gasteiger partial charge in [-0.1, -0.05) is 12.1 Å². The minimum atomic E-state index is -0.476. The van der Waals surface area contributed by atoms with Crippen molar-refractivity contribution in [1.29, 1.82) is 0 Å². The maximum atomic E-state index is 12.1. The van der Waals surface area contributed by atoms with Crippen LogP contribution in [0, 0.1) is 17.0 Å². The summed E-state index contributed by atoms with van der Waals surface area (Å²) in [6.45, 7) is 1.88. The van der Waals surface area contributed by atoms with E-state index in [-0.39, 0.29) is 11.6 Å². The Morgan fingerprint density at radius 1 is 1.07 bits per heavy atom. The van der Waals surface area contributed by atoms with E-state index in [4.69, 9.17) is 0 Å². The summed E-state index contributed by atoms with van der Waals surface area (Å²) in [6, 6.07) is 15.0. The van der Waals surface area contributed by atoms with Crippen molar-refractivity contribution in [2.75, 3.05) is 10.6 Å². The first-order valence-corrected chi connectivity index (χ1v) is 8.39. The summed E-state index contributed by atoms with van der Waals surface area (Å²) in [5, 5.41) is 16.7. The van der Waals surface area contributed by atoms with E-state index in [1.165, 1.54) is 30.6 Å². The second-order valence-electron chi connectivity index (χ2n) is 5.92. The van der Waals surface area contributed by atoms with Gasteiger partial charge in [-0.15, -0.1) is 0 Å². The summed E-state index contributed by atoms with van der Waals surface area (Å²) in [4.78, 5) is 30.5. The minimum Gasteiger partial charge on any atom is -0.340 e. The molecule has 2 aromatic carbocycles. The number of amides is 1. The number of carbonyl (C=O) groups is 1. The molecule has 1 heterocycles. The lowest BCUT2D eigenvalue weighted by atomic mass is 10.2. The molecule has 0 radical (unpaired) electrons. The first-order valence-electron chi connectivity index (χ1n) is 8.39. The van der Waals surface area contributed by atoms with Crippen molar-refractivity contribution in [2.24, 2.45) is 0 Å². The Morgan fingerprint density at radius 3 is 2.54 bits per heavy atom. The van der Waals surface area contributed by atoms with Crippen LogP contribution in [0.4, 0.5) is 22.9 Å². The molecule has 0 saturated heterocycles. The average molecular weight is 375 g/mol. The zero-order chi connectivity index (χ0) is 19.9. The lowest BCUT2D eigenvalue weighted by molar-refractivity contribution is -0.384. The maximum absolute atomic E-state index is 12.1. The van der Waals surface area contributed by atoms with Crippen LogP contribution in [0.5, 0.6) is 0 Å². The van der Waals surface area contributed by atoms with Crippen LogP contribution < -0.4 is 10.6 Å². The quantitative estimate of drug-likeness (QED) is 0.381. The van der Waals surface area contributed by atoms with E-state index in [0.29, 0.717) is 17.1 Å². The van der Waals surface area contributed by atoms with E-state index in [2.05, 4.69) is 20.6 Å². The second-order valence-corrected chi connectivity index (χ2v) is 5.92. The number of rotatable bonds is 6. The van der Waals surface area contributed by atoms with Crippen LogP contribution in [0.2, 0.25) is 0 Å². The van der Waals surface area contributed by atoms with E-state index in [1.54, 1.807) is 24.3 Å². The summed E-state index contributed by atoms with van der Waals surface area (Å²) in [5.74, 6) is 0.350. The molecule has 140 valence electrons. The summed E-state index contributed by atoms with van der Waals surface area (Å²) >= 11 is 0. The van der Waals surface area contributed by atoms with Crippen molar-refractivity contribution in [2.45, 2.75) is 6.92 Å². The predicted octanol–water partition coefficient (Wildman–Crippen LogP) is 4.09. The number of benzene rings is 2. The number of nitro groups is 1. The van der Waals surface area contributed by atoms with Crippen LogP contribution in [-0.2, 0) is 4.79 Å². The number of aryl methyl sites for hydroxylation is 1. The number of carbonyl (C=O) groups excluding carboxylic acids is 1. The molecule has 0 fully saturated rings. The first-order chi connectivity index (χ1) is 13.5. The molecular formula is C20H17N5O3. The molecule has 0 aliphatic carbocycles. The van der Waals surface area contributed by atoms with E-state index in [1.807, 2.05) is 25.1 Å². The van der Waals surface area contributed by atoms with Crippen LogP contribution in [0.3, 0.4) is 0 Å². The van der Waals surface area contributed by atoms with Gasteiger partial charge in [-0.05, 0) is 42.8 Å². The van der Waals surface area contributed by atoms with Gasteiger partial charge in [-0.25, -0.2) is 9.97 Å². The van der Waals surface area contributed by atoms with Crippen LogP contribution in [-0.4, -0.2) is 20.8 Å². The fourth-order valence-electron chi connectivity index (χ4n) is 2.41. The van der Waals surface area contributed by atoms with Crippen molar-refractivity contribution in [3.63, 3.8) is 0 Å². The lowest BCUT2D eigenvalue weighted by Crippen LogP contribution is -2.07. The fraction of sp³-hybridized carbons (Fsp3) is 0.0500. The van der Waals surface area contributed by atoms with Gasteiger partial charge in [0.15, 0.2) is 0 Å². The number of nitro benzene ring substituents is 1. The number of hydrogen-bond donors (Lipinski definition) is 2. The summed E-state index contributed by atoms with van der Waals surface area (Å²) in [7, 11) is 0. The zero-order valence-electron chi connectivity index (χ0n) is 15.0. The van der Waals surface area contributed by atoms with Crippen LogP contribution in [0.25, 0.3) is 6.08 Å².